The largest absolute Gasteiger partial charge is 0.424 e. The molecule has 21 heavy (non-hydrogen) atoms. The Labute approximate surface area is 127 Å². The van der Waals surface area contributed by atoms with E-state index in [1.165, 1.54) is 12.8 Å². The zero-order chi connectivity index (χ0) is 15.2. The highest BCUT2D eigenvalue weighted by molar-refractivity contribution is 4.87. The summed E-state index contributed by atoms with van der Waals surface area (Å²) in [6.07, 6.45) is 2.40. The van der Waals surface area contributed by atoms with Crippen molar-refractivity contribution in [1.82, 2.24) is 20.0 Å². The van der Waals surface area contributed by atoms with E-state index in [0.717, 1.165) is 44.5 Å². The van der Waals surface area contributed by atoms with Gasteiger partial charge in [-0.2, -0.15) is 0 Å². The molecule has 0 amide bonds. The van der Waals surface area contributed by atoms with Gasteiger partial charge in [0.1, 0.15) is 0 Å². The summed E-state index contributed by atoms with van der Waals surface area (Å²) in [7, 11) is 2.11. The van der Waals surface area contributed by atoms with Crippen LogP contribution >= 0.6 is 0 Å². The van der Waals surface area contributed by atoms with Crippen molar-refractivity contribution in [2.75, 3.05) is 39.8 Å². The Morgan fingerprint density at radius 3 is 2.62 bits per heavy atom. The number of rotatable bonds is 7. The van der Waals surface area contributed by atoms with Crippen molar-refractivity contribution in [3.63, 3.8) is 0 Å². The highest BCUT2D eigenvalue weighted by Crippen LogP contribution is 2.19. The molecule has 120 valence electrons. The number of aliphatic hydroxyl groups is 1. The maximum Gasteiger partial charge on any atom is 0.230 e. The van der Waals surface area contributed by atoms with Crippen molar-refractivity contribution in [1.29, 1.82) is 0 Å². The molecule has 1 fully saturated rings. The molecule has 1 aromatic heterocycles. The van der Waals surface area contributed by atoms with E-state index in [4.69, 9.17) is 9.52 Å². The van der Waals surface area contributed by atoms with Gasteiger partial charge in [-0.1, -0.05) is 13.8 Å². The lowest BCUT2D eigenvalue weighted by Gasteiger charge is -2.33. The topological polar surface area (TPSA) is 65.6 Å². The molecule has 6 nitrogen and oxygen atoms in total. The van der Waals surface area contributed by atoms with Gasteiger partial charge < -0.3 is 14.4 Å². The average molecular weight is 296 g/mol. The second kappa shape index (κ2) is 7.87. The minimum absolute atomic E-state index is 0.264. The van der Waals surface area contributed by atoms with E-state index in [1.54, 1.807) is 0 Å². The van der Waals surface area contributed by atoms with Gasteiger partial charge in [-0.3, -0.25) is 4.90 Å². The third-order valence-corrected chi connectivity index (χ3v) is 4.07. The molecule has 0 aromatic carbocycles. The summed E-state index contributed by atoms with van der Waals surface area (Å²) in [5.74, 6) is 2.43. The monoisotopic (exact) mass is 296 g/mol. The lowest BCUT2D eigenvalue weighted by atomic mass is 9.96. The van der Waals surface area contributed by atoms with Crippen LogP contribution in [0.5, 0.6) is 0 Å². The number of piperidine rings is 1. The fourth-order valence-corrected chi connectivity index (χ4v) is 2.83. The Bertz CT molecular complexity index is 414. The highest BCUT2D eigenvalue weighted by Gasteiger charge is 2.20. The Morgan fingerprint density at radius 1 is 1.33 bits per heavy atom. The summed E-state index contributed by atoms with van der Waals surface area (Å²) in [6, 6.07) is 0. The minimum Gasteiger partial charge on any atom is -0.424 e. The molecular formula is C15H28N4O2. The van der Waals surface area contributed by atoms with Crippen molar-refractivity contribution in [2.45, 2.75) is 39.2 Å². The minimum atomic E-state index is 0.264. The van der Waals surface area contributed by atoms with Gasteiger partial charge in [0.25, 0.3) is 0 Å². The standard InChI is InChI=1S/C15H28N4O2/c1-12(2)15-17-16-14(21-15)11-18(3)10-13-4-6-19(7-5-13)8-9-20/h12-13,20H,4-11H2,1-3H3. The van der Waals surface area contributed by atoms with Gasteiger partial charge in [-0.15, -0.1) is 10.2 Å². The summed E-state index contributed by atoms with van der Waals surface area (Å²) in [5.41, 5.74) is 0. The Kier molecular flexibility index (Phi) is 6.14. The third-order valence-electron chi connectivity index (χ3n) is 4.07. The summed E-state index contributed by atoms with van der Waals surface area (Å²) in [6.45, 7) is 9.15. The van der Waals surface area contributed by atoms with Crippen LogP contribution in [0.1, 0.15) is 44.4 Å². The normalized spacial score (nSPS) is 18.0. The maximum absolute atomic E-state index is 8.96. The molecule has 6 heteroatoms. The Balaban J connectivity index is 1.73. The van der Waals surface area contributed by atoms with Crippen molar-refractivity contribution >= 4 is 0 Å². The van der Waals surface area contributed by atoms with Crippen molar-refractivity contribution in [3.05, 3.63) is 11.8 Å². The molecule has 1 N–H and O–H groups in total. The first-order chi connectivity index (χ1) is 10.1. The lowest BCUT2D eigenvalue weighted by Crippen LogP contribution is -2.38. The Hall–Kier alpha value is -0.980. The Morgan fingerprint density at radius 2 is 2.05 bits per heavy atom. The van der Waals surface area contributed by atoms with Crippen LogP contribution in [0.25, 0.3) is 0 Å². The van der Waals surface area contributed by atoms with Crippen LogP contribution in [0.3, 0.4) is 0 Å². The van der Waals surface area contributed by atoms with Gasteiger partial charge in [-0.25, -0.2) is 0 Å². The molecule has 2 heterocycles. The van der Waals surface area contributed by atoms with E-state index in [1.807, 2.05) is 0 Å². The maximum atomic E-state index is 8.96. The van der Waals surface area contributed by atoms with Crippen molar-refractivity contribution < 1.29 is 9.52 Å². The first-order valence-corrected chi connectivity index (χ1v) is 7.92. The van der Waals surface area contributed by atoms with E-state index >= 15 is 0 Å². The van der Waals surface area contributed by atoms with Gasteiger partial charge in [0, 0.05) is 19.0 Å². The lowest BCUT2D eigenvalue weighted by molar-refractivity contribution is 0.127. The molecule has 1 aromatic rings. The van der Waals surface area contributed by atoms with Crippen LogP contribution in [0.15, 0.2) is 4.42 Å². The first kappa shape index (κ1) is 16.4. The molecule has 0 spiro atoms. The number of aromatic nitrogens is 2. The summed E-state index contributed by atoms with van der Waals surface area (Å²) < 4.78 is 5.65. The van der Waals surface area contributed by atoms with Crippen LogP contribution in [0.4, 0.5) is 0 Å². The number of nitrogens with zero attached hydrogens (tertiary/aromatic N) is 4. The van der Waals surface area contributed by atoms with Gasteiger partial charge in [0.15, 0.2) is 0 Å². The number of aliphatic hydroxyl groups excluding tert-OH is 1. The second-order valence-corrected chi connectivity index (χ2v) is 6.39. The van der Waals surface area contributed by atoms with Gasteiger partial charge in [0.2, 0.25) is 11.8 Å². The molecule has 0 bridgehead atoms. The predicted octanol–water partition coefficient (Wildman–Crippen LogP) is 1.33. The molecule has 1 aliphatic heterocycles. The molecule has 0 unspecified atom stereocenters. The molecule has 1 saturated heterocycles. The smallest absolute Gasteiger partial charge is 0.230 e. The average Bonchev–Trinajstić information content (AvgIpc) is 2.90. The van der Waals surface area contributed by atoms with Gasteiger partial charge in [-0.05, 0) is 38.9 Å². The van der Waals surface area contributed by atoms with E-state index in [-0.39, 0.29) is 12.5 Å². The first-order valence-electron chi connectivity index (χ1n) is 7.92. The molecule has 2 rings (SSSR count). The fourth-order valence-electron chi connectivity index (χ4n) is 2.83. The van der Waals surface area contributed by atoms with E-state index in [9.17, 15) is 0 Å². The predicted molar refractivity (Wildman–Crippen MR) is 81.0 cm³/mol. The number of hydrogen-bond acceptors (Lipinski definition) is 6. The van der Waals surface area contributed by atoms with Crippen LogP contribution in [-0.4, -0.2) is 64.9 Å². The quantitative estimate of drug-likeness (QED) is 0.819. The number of likely N-dealkylation sites (tertiary alicyclic amines) is 1. The molecule has 0 saturated carbocycles. The van der Waals surface area contributed by atoms with Crippen molar-refractivity contribution in [3.8, 4) is 0 Å². The van der Waals surface area contributed by atoms with E-state index in [2.05, 4.69) is 40.9 Å². The zero-order valence-corrected chi connectivity index (χ0v) is 13.5. The molecule has 0 atom stereocenters. The van der Waals surface area contributed by atoms with Gasteiger partial charge in [0.05, 0.1) is 13.2 Å². The second-order valence-electron chi connectivity index (χ2n) is 6.39. The highest BCUT2D eigenvalue weighted by atomic mass is 16.4. The SMILES string of the molecule is CC(C)c1nnc(CN(C)CC2CCN(CCO)CC2)o1. The molecule has 0 radical (unpaired) electrons. The third kappa shape index (κ3) is 5.05. The van der Waals surface area contributed by atoms with Crippen molar-refractivity contribution in [2.24, 2.45) is 5.92 Å². The van der Waals surface area contributed by atoms with Crippen LogP contribution in [0, 0.1) is 5.92 Å². The molecular weight excluding hydrogens is 268 g/mol. The van der Waals surface area contributed by atoms with E-state index in [0.29, 0.717) is 5.89 Å². The van der Waals surface area contributed by atoms with Crippen LogP contribution in [0.2, 0.25) is 0 Å². The number of β-amino-alcohol motifs (C(OH)–C–C–N with tert-alkyl or cyclic N) is 1. The summed E-state index contributed by atoms with van der Waals surface area (Å²) in [5, 5.41) is 17.1. The van der Waals surface area contributed by atoms with Gasteiger partial charge >= 0.3 is 0 Å². The number of hydrogen-bond donors (Lipinski definition) is 1. The molecule has 1 aliphatic rings. The zero-order valence-electron chi connectivity index (χ0n) is 13.5. The van der Waals surface area contributed by atoms with Crippen LogP contribution < -0.4 is 0 Å². The van der Waals surface area contributed by atoms with E-state index < -0.39 is 0 Å². The van der Waals surface area contributed by atoms with Crippen LogP contribution in [-0.2, 0) is 6.54 Å². The summed E-state index contributed by atoms with van der Waals surface area (Å²) >= 11 is 0. The molecule has 0 aliphatic carbocycles. The summed E-state index contributed by atoms with van der Waals surface area (Å²) in [4.78, 5) is 4.60. The fraction of sp³-hybridized carbons (Fsp3) is 0.867.